The molecule has 3 atom stereocenters. The van der Waals surface area contributed by atoms with Crippen LogP contribution in [0.1, 0.15) is 32.1 Å². The Hall–Kier alpha value is 0.220. The van der Waals surface area contributed by atoms with E-state index in [0.717, 1.165) is 12.8 Å². The first-order chi connectivity index (χ1) is 5.67. The monoisotopic (exact) mass is 188 g/mol. The van der Waals surface area contributed by atoms with Gasteiger partial charge in [-0.25, -0.2) is 4.39 Å². The predicted molar refractivity (Wildman–Crippen MR) is 47.0 cm³/mol. The molecule has 0 saturated heterocycles. The zero-order valence-electron chi connectivity index (χ0n) is 7.10. The maximum Gasteiger partial charge on any atom is 0.128 e. The number of hydrogen-bond acceptors (Lipinski definition) is 0. The van der Waals surface area contributed by atoms with Crippen LogP contribution in [0.15, 0.2) is 0 Å². The lowest BCUT2D eigenvalue weighted by Crippen LogP contribution is -2.55. The van der Waals surface area contributed by atoms with Gasteiger partial charge < -0.3 is 0 Å². The van der Waals surface area contributed by atoms with Gasteiger partial charge in [-0.05, 0) is 49.9 Å². The molecule has 4 rings (SSSR count). The first kappa shape index (κ1) is 7.61. The van der Waals surface area contributed by atoms with Crippen LogP contribution in [0.2, 0.25) is 0 Å². The van der Waals surface area contributed by atoms with Gasteiger partial charge >= 0.3 is 0 Å². The quantitative estimate of drug-likeness (QED) is 0.513. The fourth-order valence-corrected chi connectivity index (χ4v) is 4.26. The molecule has 0 nitrogen and oxygen atoms in total. The summed E-state index contributed by atoms with van der Waals surface area (Å²) in [4.78, 5) is 0. The smallest absolute Gasteiger partial charge is 0.128 e. The van der Waals surface area contributed by atoms with E-state index in [0.29, 0.717) is 17.8 Å². The summed E-state index contributed by atoms with van der Waals surface area (Å²) in [6, 6.07) is 0. The topological polar surface area (TPSA) is 0 Å². The van der Waals surface area contributed by atoms with Gasteiger partial charge in [-0.2, -0.15) is 0 Å². The molecule has 0 radical (unpaired) electrons. The molecule has 4 fully saturated rings. The maximum absolute atomic E-state index is 14.1. The highest BCUT2D eigenvalue weighted by molar-refractivity contribution is 6.21. The SMILES string of the molecule is FC12CC3CC(CC(C3)C1Cl)C2. The summed E-state index contributed by atoms with van der Waals surface area (Å²) in [5, 5.41) is -0.162. The summed E-state index contributed by atoms with van der Waals surface area (Å²) in [6.45, 7) is 0. The zero-order valence-corrected chi connectivity index (χ0v) is 7.86. The van der Waals surface area contributed by atoms with E-state index >= 15 is 0 Å². The Bertz CT molecular complexity index is 202. The zero-order chi connectivity index (χ0) is 8.34. The summed E-state index contributed by atoms with van der Waals surface area (Å²) < 4.78 is 14.1. The van der Waals surface area contributed by atoms with E-state index in [2.05, 4.69) is 0 Å². The molecule has 2 heteroatoms. The van der Waals surface area contributed by atoms with Gasteiger partial charge in [-0.15, -0.1) is 11.6 Å². The highest BCUT2D eigenvalue weighted by atomic mass is 35.5. The summed E-state index contributed by atoms with van der Waals surface area (Å²) in [6.07, 6.45) is 5.21. The Labute approximate surface area is 77.5 Å². The molecule has 0 heterocycles. The summed E-state index contributed by atoms with van der Waals surface area (Å²) in [5.74, 6) is 1.84. The second kappa shape index (κ2) is 2.17. The summed E-state index contributed by atoms with van der Waals surface area (Å²) in [5.41, 5.74) is -0.976. The summed E-state index contributed by atoms with van der Waals surface area (Å²) >= 11 is 6.14. The van der Waals surface area contributed by atoms with Crippen LogP contribution in [-0.2, 0) is 0 Å². The Balaban J connectivity index is 1.97. The van der Waals surface area contributed by atoms with Gasteiger partial charge in [0.2, 0.25) is 0 Å². The average molecular weight is 189 g/mol. The maximum atomic E-state index is 14.1. The van der Waals surface area contributed by atoms with Crippen molar-refractivity contribution >= 4 is 11.6 Å². The minimum atomic E-state index is -0.976. The molecule has 4 saturated carbocycles. The standard InChI is InChI=1S/C10H14ClF/c11-9-8-2-6-1-7(3-8)5-10(9,12)4-6/h6-9H,1-5H2. The molecule has 0 amide bonds. The third-order valence-electron chi connectivity index (χ3n) is 4.10. The highest BCUT2D eigenvalue weighted by Crippen LogP contribution is 2.58. The predicted octanol–water partition coefficient (Wildman–Crippen LogP) is 3.14. The lowest BCUT2D eigenvalue weighted by Gasteiger charge is -2.55. The van der Waals surface area contributed by atoms with Gasteiger partial charge in [0.15, 0.2) is 0 Å². The Kier molecular flexibility index (Phi) is 1.38. The van der Waals surface area contributed by atoms with Crippen molar-refractivity contribution in [3.05, 3.63) is 0 Å². The minimum Gasteiger partial charge on any atom is -0.242 e. The van der Waals surface area contributed by atoms with Crippen LogP contribution >= 0.6 is 11.6 Å². The van der Waals surface area contributed by atoms with Gasteiger partial charge in [0, 0.05) is 0 Å². The van der Waals surface area contributed by atoms with E-state index in [1.165, 1.54) is 19.3 Å². The Morgan fingerprint density at radius 2 is 1.67 bits per heavy atom. The average Bonchev–Trinajstić information content (AvgIpc) is 1.98. The van der Waals surface area contributed by atoms with Crippen molar-refractivity contribution in [2.75, 3.05) is 0 Å². The van der Waals surface area contributed by atoms with E-state index in [9.17, 15) is 4.39 Å². The van der Waals surface area contributed by atoms with E-state index in [1.54, 1.807) is 0 Å². The van der Waals surface area contributed by atoms with Crippen molar-refractivity contribution in [1.82, 2.24) is 0 Å². The molecule has 0 aromatic heterocycles. The van der Waals surface area contributed by atoms with Crippen molar-refractivity contribution in [2.45, 2.75) is 43.1 Å². The molecule has 0 aliphatic heterocycles. The van der Waals surface area contributed by atoms with Crippen LogP contribution in [0.5, 0.6) is 0 Å². The van der Waals surface area contributed by atoms with Gasteiger partial charge in [-0.3, -0.25) is 0 Å². The van der Waals surface area contributed by atoms with Gasteiger partial charge in [0.05, 0.1) is 5.38 Å². The van der Waals surface area contributed by atoms with Crippen molar-refractivity contribution in [2.24, 2.45) is 17.8 Å². The fourth-order valence-electron chi connectivity index (χ4n) is 3.88. The molecule has 0 aromatic carbocycles. The molecule has 12 heavy (non-hydrogen) atoms. The van der Waals surface area contributed by atoms with Crippen molar-refractivity contribution in [1.29, 1.82) is 0 Å². The molecule has 4 bridgehead atoms. The fraction of sp³-hybridized carbons (Fsp3) is 1.00. The van der Waals surface area contributed by atoms with Gasteiger partial charge in [0.1, 0.15) is 5.67 Å². The number of halogens is 2. The number of alkyl halides is 2. The van der Waals surface area contributed by atoms with Gasteiger partial charge in [-0.1, -0.05) is 0 Å². The number of rotatable bonds is 0. The summed E-state index contributed by atoms with van der Waals surface area (Å²) in [7, 11) is 0. The van der Waals surface area contributed by atoms with Crippen LogP contribution < -0.4 is 0 Å². The van der Waals surface area contributed by atoms with Crippen LogP contribution in [0, 0.1) is 17.8 Å². The first-order valence-corrected chi connectivity index (χ1v) is 5.44. The van der Waals surface area contributed by atoms with Crippen LogP contribution in [0.3, 0.4) is 0 Å². The lowest BCUT2D eigenvalue weighted by atomic mass is 9.55. The van der Waals surface area contributed by atoms with Crippen LogP contribution in [-0.4, -0.2) is 11.0 Å². The molecular formula is C10H14ClF. The lowest BCUT2D eigenvalue weighted by molar-refractivity contribution is -0.0680. The van der Waals surface area contributed by atoms with E-state index < -0.39 is 5.67 Å². The second-order valence-corrected chi connectivity index (χ2v) is 5.51. The van der Waals surface area contributed by atoms with E-state index in [4.69, 9.17) is 11.6 Å². The van der Waals surface area contributed by atoms with E-state index in [1.807, 2.05) is 0 Å². The van der Waals surface area contributed by atoms with E-state index in [-0.39, 0.29) is 5.38 Å². The second-order valence-electron chi connectivity index (χ2n) is 5.04. The first-order valence-electron chi connectivity index (χ1n) is 5.00. The molecule has 0 spiro atoms. The van der Waals surface area contributed by atoms with Crippen LogP contribution in [0.4, 0.5) is 4.39 Å². The normalized spacial score (nSPS) is 62.5. The molecular weight excluding hydrogens is 175 g/mol. The molecule has 3 unspecified atom stereocenters. The molecule has 0 aromatic rings. The van der Waals surface area contributed by atoms with Crippen molar-refractivity contribution < 1.29 is 4.39 Å². The molecule has 4 aliphatic rings. The molecule has 0 N–H and O–H groups in total. The van der Waals surface area contributed by atoms with Gasteiger partial charge in [0.25, 0.3) is 0 Å². The third-order valence-corrected chi connectivity index (χ3v) is 4.85. The number of hydrogen-bond donors (Lipinski definition) is 0. The Morgan fingerprint density at radius 3 is 2.17 bits per heavy atom. The van der Waals surface area contributed by atoms with Crippen molar-refractivity contribution in [3.63, 3.8) is 0 Å². The Morgan fingerprint density at radius 1 is 1.08 bits per heavy atom. The highest BCUT2D eigenvalue weighted by Gasteiger charge is 2.57. The van der Waals surface area contributed by atoms with Crippen LogP contribution in [0.25, 0.3) is 0 Å². The molecule has 4 aliphatic carbocycles. The largest absolute Gasteiger partial charge is 0.242 e. The van der Waals surface area contributed by atoms with Crippen molar-refractivity contribution in [3.8, 4) is 0 Å². The minimum absolute atomic E-state index is 0.162. The third kappa shape index (κ3) is 0.837. The molecule has 68 valence electrons.